The summed E-state index contributed by atoms with van der Waals surface area (Å²) in [6.45, 7) is 2.04. The van der Waals surface area contributed by atoms with E-state index in [1.165, 1.54) is 17.7 Å². The highest BCUT2D eigenvalue weighted by Gasteiger charge is 1.90. The number of hydrogen-bond donors (Lipinski definition) is 1. The van der Waals surface area contributed by atoms with E-state index >= 15 is 0 Å². The SMILES string of the molecule is Cc1ccc(/C=N/Nc2ccc(F)cc2)cc1. The van der Waals surface area contributed by atoms with Crippen molar-refractivity contribution in [2.75, 3.05) is 5.43 Å². The Hall–Kier alpha value is -2.16. The van der Waals surface area contributed by atoms with Crippen molar-refractivity contribution < 1.29 is 4.39 Å². The maximum atomic E-state index is 12.6. The van der Waals surface area contributed by atoms with E-state index in [4.69, 9.17) is 0 Å². The lowest BCUT2D eigenvalue weighted by molar-refractivity contribution is 0.628. The van der Waals surface area contributed by atoms with Crippen LogP contribution in [0, 0.1) is 12.7 Å². The molecular formula is C14H13FN2. The van der Waals surface area contributed by atoms with Gasteiger partial charge >= 0.3 is 0 Å². The first-order valence-corrected chi connectivity index (χ1v) is 5.35. The maximum Gasteiger partial charge on any atom is 0.123 e. The third-order valence-corrected chi connectivity index (χ3v) is 2.33. The van der Waals surface area contributed by atoms with Gasteiger partial charge in [-0.2, -0.15) is 5.10 Å². The number of nitrogens with one attached hydrogen (secondary N) is 1. The number of benzene rings is 2. The Morgan fingerprint density at radius 3 is 2.29 bits per heavy atom. The molecule has 2 aromatic carbocycles. The van der Waals surface area contributed by atoms with Crippen LogP contribution in [0.15, 0.2) is 53.6 Å². The summed E-state index contributed by atoms with van der Waals surface area (Å²) in [4.78, 5) is 0. The topological polar surface area (TPSA) is 24.4 Å². The number of aryl methyl sites for hydroxylation is 1. The molecule has 0 saturated carbocycles. The van der Waals surface area contributed by atoms with Gasteiger partial charge in [0.25, 0.3) is 0 Å². The molecule has 0 spiro atoms. The second-order valence-corrected chi connectivity index (χ2v) is 3.79. The molecule has 2 nitrogen and oxygen atoms in total. The molecule has 0 saturated heterocycles. The van der Waals surface area contributed by atoms with Crippen LogP contribution in [0.2, 0.25) is 0 Å². The minimum atomic E-state index is -0.252. The van der Waals surface area contributed by atoms with Gasteiger partial charge in [0.15, 0.2) is 0 Å². The van der Waals surface area contributed by atoms with Crippen molar-refractivity contribution in [3.8, 4) is 0 Å². The summed E-state index contributed by atoms with van der Waals surface area (Å²) in [6.07, 6.45) is 1.72. The zero-order valence-corrected chi connectivity index (χ0v) is 9.52. The van der Waals surface area contributed by atoms with Crippen LogP contribution in [0.1, 0.15) is 11.1 Å². The molecule has 0 aliphatic heterocycles. The molecule has 0 aromatic heterocycles. The lowest BCUT2D eigenvalue weighted by atomic mass is 10.2. The molecule has 0 heterocycles. The summed E-state index contributed by atoms with van der Waals surface area (Å²) in [6, 6.07) is 14.1. The van der Waals surface area contributed by atoms with Gasteiger partial charge in [-0.25, -0.2) is 4.39 Å². The molecule has 0 amide bonds. The summed E-state index contributed by atoms with van der Waals surface area (Å²) in [5.74, 6) is -0.252. The van der Waals surface area contributed by atoms with Gasteiger partial charge in [0.05, 0.1) is 11.9 Å². The molecular weight excluding hydrogens is 215 g/mol. The monoisotopic (exact) mass is 228 g/mol. The quantitative estimate of drug-likeness (QED) is 0.630. The van der Waals surface area contributed by atoms with Crippen LogP contribution < -0.4 is 5.43 Å². The van der Waals surface area contributed by atoms with Crippen molar-refractivity contribution in [2.45, 2.75) is 6.92 Å². The third kappa shape index (κ3) is 3.41. The van der Waals surface area contributed by atoms with Crippen LogP contribution in [0.4, 0.5) is 10.1 Å². The average Bonchev–Trinajstić information content (AvgIpc) is 2.34. The first kappa shape index (κ1) is 11.3. The van der Waals surface area contributed by atoms with Gasteiger partial charge in [-0.1, -0.05) is 29.8 Å². The number of hydrogen-bond acceptors (Lipinski definition) is 2. The second kappa shape index (κ2) is 5.25. The Labute approximate surface area is 99.8 Å². The minimum Gasteiger partial charge on any atom is -0.279 e. The molecule has 17 heavy (non-hydrogen) atoms. The van der Waals surface area contributed by atoms with E-state index in [-0.39, 0.29) is 5.82 Å². The molecule has 0 aliphatic carbocycles. The highest BCUT2D eigenvalue weighted by Crippen LogP contribution is 2.08. The van der Waals surface area contributed by atoms with Crippen molar-refractivity contribution in [3.05, 3.63) is 65.5 Å². The molecule has 3 heteroatoms. The molecule has 0 bridgehead atoms. The molecule has 0 atom stereocenters. The van der Waals surface area contributed by atoms with Crippen LogP contribution in [0.25, 0.3) is 0 Å². The van der Waals surface area contributed by atoms with Gasteiger partial charge in [-0.15, -0.1) is 0 Å². The normalized spacial score (nSPS) is 10.7. The van der Waals surface area contributed by atoms with Crippen LogP contribution in [0.3, 0.4) is 0 Å². The fourth-order valence-electron chi connectivity index (χ4n) is 1.36. The van der Waals surface area contributed by atoms with Crippen molar-refractivity contribution in [3.63, 3.8) is 0 Å². The number of anilines is 1. The van der Waals surface area contributed by atoms with Gasteiger partial charge in [-0.05, 0) is 36.8 Å². The molecule has 2 aromatic rings. The molecule has 0 aliphatic rings. The van der Waals surface area contributed by atoms with E-state index in [1.54, 1.807) is 18.3 Å². The molecule has 86 valence electrons. The van der Waals surface area contributed by atoms with Gasteiger partial charge in [-0.3, -0.25) is 5.43 Å². The van der Waals surface area contributed by atoms with Gasteiger partial charge in [0, 0.05) is 0 Å². The van der Waals surface area contributed by atoms with Crippen molar-refractivity contribution in [1.82, 2.24) is 0 Å². The first-order chi connectivity index (χ1) is 8.24. The van der Waals surface area contributed by atoms with E-state index in [9.17, 15) is 4.39 Å². The first-order valence-electron chi connectivity index (χ1n) is 5.35. The average molecular weight is 228 g/mol. The van der Waals surface area contributed by atoms with Crippen molar-refractivity contribution >= 4 is 11.9 Å². The van der Waals surface area contributed by atoms with Crippen LogP contribution >= 0.6 is 0 Å². The largest absolute Gasteiger partial charge is 0.279 e. The molecule has 1 N–H and O–H groups in total. The van der Waals surface area contributed by atoms with Gasteiger partial charge < -0.3 is 0 Å². The Morgan fingerprint density at radius 1 is 1.00 bits per heavy atom. The molecule has 0 unspecified atom stereocenters. The smallest absolute Gasteiger partial charge is 0.123 e. The minimum absolute atomic E-state index is 0.252. The van der Waals surface area contributed by atoms with E-state index < -0.39 is 0 Å². The molecule has 2 rings (SSSR count). The van der Waals surface area contributed by atoms with Crippen molar-refractivity contribution in [2.24, 2.45) is 5.10 Å². The van der Waals surface area contributed by atoms with Crippen LogP contribution in [-0.2, 0) is 0 Å². The standard InChI is InChI=1S/C14H13FN2/c1-11-2-4-12(5-3-11)10-16-17-14-8-6-13(15)7-9-14/h2-10,17H,1H3/b16-10+. The number of nitrogens with zero attached hydrogens (tertiary/aromatic N) is 1. The summed E-state index contributed by atoms with van der Waals surface area (Å²) >= 11 is 0. The number of rotatable bonds is 3. The van der Waals surface area contributed by atoms with Gasteiger partial charge in [0.1, 0.15) is 5.82 Å². The summed E-state index contributed by atoms with van der Waals surface area (Å²) in [5, 5.41) is 4.07. The van der Waals surface area contributed by atoms with Crippen molar-refractivity contribution in [1.29, 1.82) is 0 Å². The Morgan fingerprint density at radius 2 is 1.65 bits per heavy atom. The van der Waals surface area contributed by atoms with E-state index in [0.29, 0.717) is 0 Å². The van der Waals surface area contributed by atoms with Gasteiger partial charge in [0.2, 0.25) is 0 Å². The predicted molar refractivity (Wildman–Crippen MR) is 68.8 cm³/mol. The summed E-state index contributed by atoms with van der Waals surface area (Å²) < 4.78 is 12.6. The zero-order chi connectivity index (χ0) is 12.1. The summed E-state index contributed by atoms with van der Waals surface area (Å²) in [7, 11) is 0. The lowest BCUT2D eigenvalue weighted by Gasteiger charge is -1.99. The maximum absolute atomic E-state index is 12.6. The summed E-state index contributed by atoms with van der Waals surface area (Å²) in [5.41, 5.74) is 5.83. The highest BCUT2D eigenvalue weighted by atomic mass is 19.1. The van der Waals surface area contributed by atoms with Crippen LogP contribution in [0.5, 0.6) is 0 Å². The van der Waals surface area contributed by atoms with E-state index in [0.717, 1.165) is 11.3 Å². The second-order valence-electron chi connectivity index (χ2n) is 3.79. The number of hydrazone groups is 1. The molecule has 0 fully saturated rings. The fraction of sp³-hybridized carbons (Fsp3) is 0.0714. The lowest BCUT2D eigenvalue weighted by Crippen LogP contribution is -1.90. The Kier molecular flexibility index (Phi) is 3.50. The predicted octanol–water partition coefficient (Wildman–Crippen LogP) is 3.58. The highest BCUT2D eigenvalue weighted by molar-refractivity contribution is 5.80. The molecule has 0 radical (unpaired) electrons. The zero-order valence-electron chi connectivity index (χ0n) is 9.52. The Balaban J connectivity index is 1.97. The van der Waals surface area contributed by atoms with E-state index in [2.05, 4.69) is 10.5 Å². The van der Waals surface area contributed by atoms with E-state index in [1.807, 2.05) is 31.2 Å². The number of halogens is 1. The van der Waals surface area contributed by atoms with Crippen LogP contribution in [-0.4, -0.2) is 6.21 Å². The Bertz CT molecular complexity index is 501. The third-order valence-electron chi connectivity index (χ3n) is 2.33. The fourth-order valence-corrected chi connectivity index (χ4v) is 1.36.